The summed E-state index contributed by atoms with van der Waals surface area (Å²) in [5.74, 6) is 0.844. The van der Waals surface area contributed by atoms with Crippen molar-refractivity contribution in [1.82, 2.24) is 4.90 Å². The SMILES string of the molecule is CC(C)[C@H]1CCN1C(C)C. The monoisotopic (exact) mass is 141 g/mol. The number of hydrogen-bond donors (Lipinski definition) is 0. The lowest BCUT2D eigenvalue weighted by Gasteiger charge is -2.46. The van der Waals surface area contributed by atoms with Crippen LogP contribution in [-0.2, 0) is 0 Å². The van der Waals surface area contributed by atoms with Gasteiger partial charge in [0, 0.05) is 18.6 Å². The number of hydrogen-bond acceptors (Lipinski definition) is 1. The smallest absolute Gasteiger partial charge is 0.0133 e. The molecule has 0 radical (unpaired) electrons. The van der Waals surface area contributed by atoms with E-state index in [-0.39, 0.29) is 0 Å². The Bertz CT molecular complexity index is 93.3. The summed E-state index contributed by atoms with van der Waals surface area (Å²) >= 11 is 0. The Morgan fingerprint density at radius 1 is 1.20 bits per heavy atom. The average molecular weight is 141 g/mol. The Balaban J connectivity index is 2.36. The van der Waals surface area contributed by atoms with Gasteiger partial charge in [-0.2, -0.15) is 0 Å². The molecule has 1 atom stereocenters. The fraction of sp³-hybridized carbons (Fsp3) is 1.00. The molecule has 1 heterocycles. The molecule has 60 valence electrons. The molecule has 1 fully saturated rings. The van der Waals surface area contributed by atoms with E-state index < -0.39 is 0 Å². The molecule has 0 unspecified atom stereocenters. The fourth-order valence-electron chi connectivity index (χ4n) is 1.78. The van der Waals surface area contributed by atoms with Crippen molar-refractivity contribution >= 4 is 0 Å². The van der Waals surface area contributed by atoms with Gasteiger partial charge in [-0.1, -0.05) is 13.8 Å². The summed E-state index contributed by atoms with van der Waals surface area (Å²) in [7, 11) is 0. The molecule has 0 N–H and O–H groups in total. The van der Waals surface area contributed by atoms with Crippen molar-refractivity contribution in [3.63, 3.8) is 0 Å². The van der Waals surface area contributed by atoms with E-state index in [2.05, 4.69) is 32.6 Å². The molecule has 1 nitrogen and oxygen atoms in total. The molecule has 0 aromatic heterocycles. The third kappa shape index (κ3) is 1.34. The van der Waals surface area contributed by atoms with E-state index in [9.17, 15) is 0 Å². The van der Waals surface area contributed by atoms with Gasteiger partial charge in [0.05, 0.1) is 0 Å². The lowest BCUT2D eigenvalue weighted by molar-refractivity contribution is 0.0265. The van der Waals surface area contributed by atoms with Gasteiger partial charge in [0.15, 0.2) is 0 Å². The zero-order valence-electron chi connectivity index (χ0n) is 7.59. The Hall–Kier alpha value is -0.0400. The van der Waals surface area contributed by atoms with Crippen LogP contribution in [0.15, 0.2) is 0 Å². The molecule has 0 spiro atoms. The van der Waals surface area contributed by atoms with Crippen molar-refractivity contribution < 1.29 is 0 Å². The van der Waals surface area contributed by atoms with Crippen LogP contribution in [0, 0.1) is 5.92 Å². The summed E-state index contributed by atoms with van der Waals surface area (Å²) in [6, 6.07) is 1.63. The maximum Gasteiger partial charge on any atom is 0.0133 e. The minimum Gasteiger partial charge on any atom is -0.298 e. The van der Waals surface area contributed by atoms with E-state index in [0.29, 0.717) is 0 Å². The van der Waals surface area contributed by atoms with Crippen LogP contribution in [0.2, 0.25) is 0 Å². The van der Waals surface area contributed by atoms with Crippen LogP contribution >= 0.6 is 0 Å². The first-order valence-electron chi connectivity index (χ1n) is 4.38. The third-order valence-electron chi connectivity index (χ3n) is 2.54. The zero-order chi connectivity index (χ0) is 7.72. The van der Waals surface area contributed by atoms with Gasteiger partial charge in [-0.3, -0.25) is 4.90 Å². The lowest BCUT2D eigenvalue weighted by atomic mass is 9.90. The van der Waals surface area contributed by atoms with Crippen LogP contribution in [0.1, 0.15) is 34.1 Å². The van der Waals surface area contributed by atoms with E-state index in [0.717, 1.165) is 18.0 Å². The minimum atomic E-state index is 0.751. The van der Waals surface area contributed by atoms with Gasteiger partial charge in [0.2, 0.25) is 0 Å². The van der Waals surface area contributed by atoms with Gasteiger partial charge >= 0.3 is 0 Å². The summed E-state index contributed by atoms with van der Waals surface area (Å²) < 4.78 is 0. The highest BCUT2D eigenvalue weighted by atomic mass is 15.2. The maximum absolute atomic E-state index is 2.59. The van der Waals surface area contributed by atoms with Gasteiger partial charge in [-0.15, -0.1) is 0 Å². The minimum absolute atomic E-state index is 0.751. The molecule has 0 bridgehead atoms. The Labute approximate surface area is 64.4 Å². The lowest BCUT2D eigenvalue weighted by Crippen LogP contribution is -2.53. The predicted molar refractivity (Wildman–Crippen MR) is 45.1 cm³/mol. The van der Waals surface area contributed by atoms with Crippen molar-refractivity contribution in [3.05, 3.63) is 0 Å². The van der Waals surface area contributed by atoms with Crippen LogP contribution in [0.5, 0.6) is 0 Å². The second-order valence-corrected chi connectivity index (χ2v) is 3.93. The first-order chi connectivity index (χ1) is 4.63. The first kappa shape index (κ1) is 8.06. The van der Waals surface area contributed by atoms with Crippen LogP contribution < -0.4 is 0 Å². The van der Waals surface area contributed by atoms with E-state index in [1.807, 2.05) is 0 Å². The molecule has 0 aromatic rings. The fourth-order valence-corrected chi connectivity index (χ4v) is 1.78. The molecule has 0 saturated carbocycles. The Morgan fingerprint density at radius 2 is 1.80 bits per heavy atom. The van der Waals surface area contributed by atoms with Gasteiger partial charge < -0.3 is 0 Å². The Kier molecular flexibility index (Phi) is 2.35. The highest BCUT2D eigenvalue weighted by Gasteiger charge is 2.31. The largest absolute Gasteiger partial charge is 0.298 e. The first-order valence-corrected chi connectivity index (χ1v) is 4.38. The van der Waals surface area contributed by atoms with Crippen molar-refractivity contribution in [3.8, 4) is 0 Å². The molecule has 10 heavy (non-hydrogen) atoms. The van der Waals surface area contributed by atoms with Crippen LogP contribution in [-0.4, -0.2) is 23.5 Å². The van der Waals surface area contributed by atoms with Crippen molar-refractivity contribution in [2.45, 2.75) is 46.2 Å². The predicted octanol–water partition coefficient (Wildman–Crippen LogP) is 2.13. The summed E-state index contributed by atoms with van der Waals surface area (Å²) in [6.07, 6.45) is 1.41. The Morgan fingerprint density at radius 3 is 1.90 bits per heavy atom. The normalized spacial score (nSPS) is 27.6. The molecule has 0 amide bonds. The molecule has 1 heteroatoms. The van der Waals surface area contributed by atoms with E-state index in [4.69, 9.17) is 0 Å². The number of likely N-dealkylation sites (tertiary alicyclic amines) is 1. The second-order valence-electron chi connectivity index (χ2n) is 3.93. The standard InChI is InChI=1S/C9H19N/c1-7(2)9-5-6-10(9)8(3)4/h7-9H,5-6H2,1-4H3/t9-/m1/s1. The van der Waals surface area contributed by atoms with E-state index in [1.165, 1.54) is 13.0 Å². The number of nitrogens with zero attached hydrogens (tertiary/aromatic N) is 1. The van der Waals surface area contributed by atoms with E-state index >= 15 is 0 Å². The van der Waals surface area contributed by atoms with Crippen LogP contribution in [0.25, 0.3) is 0 Å². The summed E-state index contributed by atoms with van der Waals surface area (Å²) in [5.41, 5.74) is 0. The highest BCUT2D eigenvalue weighted by molar-refractivity contribution is 4.86. The molecule has 0 aliphatic carbocycles. The van der Waals surface area contributed by atoms with Crippen molar-refractivity contribution in [1.29, 1.82) is 0 Å². The van der Waals surface area contributed by atoms with Crippen molar-refractivity contribution in [2.24, 2.45) is 5.92 Å². The molecule has 0 aromatic carbocycles. The maximum atomic E-state index is 2.59. The number of rotatable bonds is 2. The van der Waals surface area contributed by atoms with E-state index in [1.54, 1.807) is 0 Å². The second kappa shape index (κ2) is 2.91. The van der Waals surface area contributed by atoms with Gasteiger partial charge in [0.1, 0.15) is 0 Å². The van der Waals surface area contributed by atoms with Gasteiger partial charge in [0.25, 0.3) is 0 Å². The molecular formula is C9H19N. The van der Waals surface area contributed by atoms with Crippen LogP contribution in [0.4, 0.5) is 0 Å². The molecular weight excluding hydrogens is 122 g/mol. The topological polar surface area (TPSA) is 3.24 Å². The molecule has 1 aliphatic rings. The summed E-state index contributed by atoms with van der Waals surface area (Å²) in [5, 5.41) is 0. The van der Waals surface area contributed by atoms with Crippen molar-refractivity contribution in [2.75, 3.05) is 6.54 Å². The summed E-state index contributed by atoms with van der Waals surface area (Å²) in [4.78, 5) is 2.59. The quantitative estimate of drug-likeness (QED) is 0.569. The highest BCUT2D eigenvalue weighted by Crippen LogP contribution is 2.26. The molecule has 1 saturated heterocycles. The molecule has 1 rings (SSSR count). The zero-order valence-corrected chi connectivity index (χ0v) is 7.59. The van der Waals surface area contributed by atoms with Crippen LogP contribution in [0.3, 0.4) is 0 Å². The summed E-state index contributed by atoms with van der Waals surface area (Å²) in [6.45, 7) is 10.5. The van der Waals surface area contributed by atoms with Gasteiger partial charge in [-0.25, -0.2) is 0 Å². The average Bonchev–Trinajstić information content (AvgIpc) is 1.56. The van der Waals surface area contributed by atoms with Gasteiger partial charge in [-0.05, 0) is 26.2 Å². The molecule has 1 aliphatic heterocycles. The third-order valence-corrected chi connectivity index (χ3v) is 2.54.